The number of alkyl halides is 2. The van der Waals surface area contributed by atoms with Gasteiger partial charge in [0.25, 0.3) is 11.8 Å². The van der Waals surface area contributed by atoms with Gasteiger partial charge in [0, 0.05) is 46.7 Å². The van der Waals surface area contributed by atoms with Crippen LogP contribution in [-0.2, 0) is 12.8 Å². The lowest BCUT2D eigenvalue weighted by molar-refractivity contribution is 0.0630. The Kier molecular flexibility index (Phi) is 5.33. The molecule has 11 heteroatoms. The van der Waals surface area contributed by atoms with Crippen LogP contribution in [0.3, 0.4) is 0 Å². The number of aromatic amines is 1. The molecule has 3 unspecified atom stereocenters. The molecule has 2 fully saturated rings. The fraction of sp³-hybridized carbons (Fsp3) is 0.480. The number of fused-ring (bicyclic) bond motifs is 2. The third-order valence-electron chi connectivity index (χ3n) is 8.37. The second-order valence-electron chi connectivity index (χ2n) is 10.6. The van der Waals surface area contributed by atoms with Gasteiger partial charge in [-0.05, 0) is 30.7 Å². The van der Waals surface area contributed by atoms with Crippen LogP contribution in [0.5, 0.6) is 0 Å². The summed E-state index contributed by atoms with van der Waals surface area (Å²) in [5.41, 5.74) is 1.81. The monoisotopic (exact) mass is 517 g/mol. The molecule has 192 valence electrons. The molecule has 1 saturated carbocycles. The van der Waals surface area contributed by atoms with Crippen molar-refractivity contribution in [2.75, 3.05) is 16.8 Å². The summed E-state index contributed by atoms with van der Waals surface area (Å²) in [7, 11) is -2.51. The van der Waals surface area contributed by atoms with Gasteiger partial charge in [0.15, 0.2) is 5.69 Å². The molecule has 3 aliphatic rings. The number of carbonyl (C=O) groups excluding carboxylic acids is 1. The molecule has 3 aromatic rings. The van der Waals surface area contributed by atoms with Crippen LogP contribution in [0.2, 0.25) is 0 Å². The van der Waals surface area contributed by atoms with E-state index < -0.39 is 33.8 Å². The zero-order chi connectivity index (χ0) is 25.3. The number of hydrogen-bond acceptors (Lipinski definition) is 5. The Morgan fingerprint density at radius 2 is 1.97 bits per heavy atom. The van der Waals surface area contributed by atoms with E-state index in [1.807, 2.05) is 35.0 Å². The summed E-state index contributed by atoms with van der Waals surface area (Å²) >= 11 is 0. The zero-order valence-electron chi connectivity index (χ0n) is 19.8. The van der Waals surface area contributed by atoms with E-state index >= 15 is 0 Å². The van der Waals surface area contributed by atoms with Crippen molar-refractivity contribution in [3.8, 4) is 0 Å². The summed E-state index contributed by atoms with van der Waals surface area (Å²) in [6, 6.07) is 9.78. The number of aromatic nitrogens is 4. The van der Waals surface area contributed by atoms with E-state index in [2.05, 4.69) is 20.6 Å². The Bertz CT molecular complexity index is 1300. The second-order valence-corrected chi connectivity index (χ2v) is 13.0. The third kappa shape index (κ3) is 3.75. The van der Waals surface area contributed by atoms with Crippen molar-refractivity contribution in [1.82, 2.24) is 20.0 Å². The van der Waals surface area contributed by atoms with Crippen LogP contribution in [0.25, 0.3) is 0 Å². The van der Waals surface area contributed by atoms with Gasteiger partial charge in [-0.15, -0.1) is 0 Å². The summed E-state index contributed by atoms with van der Waals surface area (Å²) < 4.78 is 50.5. The van der Waals surface area contributed by atoms with E-state index in [1.165, 1.54) is 0 Å². The first-order chi connectivity index (χ1) is 17.1. The molecule has 3 atom stereocenters. The SMILES string of the molecule is CC12Cc3[nH]nc(C(=O)Nc4cnn(C(c5ccccc5)C5CCS(O)(O)CC5)c4)c3CC1C2(F)F. The van der Waals surface area contributed by atoms with Crippen molar-refractivity contribution in [2.45, 2.75) is 44.6 Å². The first kappa shape index (κ1) is 23.6. The molecule has 4 N–H and O–H groups in total. The molecule has 2 aromatic heterocycles. The lowest BCUT2D eigenvalue weighted by Crippen LogP contribution is -2.29. The Hall–Kier alpha value is -2.76. The van der Waals surface area contributed by atoms with Gasteiger partial charge in [-0.2, -0.15) is 20.8 Å². The molecular weight excluding hydrogens is 488 g/mol. The lowest BCUT2D eigenvalue weighted by Gasteiger charge is -2.41. The fourth-order valence-electron chi connectivity index (χ4n) is 6.07. The molecule has 36 heavy (non-hydrogen) atoms. The van der Waals surface area contributed by atoms with Crippen LogP contribution in [0.4, 0.5) is 14.5 Å². The molecule has 1 amide bonds. The van der Waals surface area contributed by atoms with Crippen LogP contribution in [-0.4, -0.2) is 52.4 Å². The van der Waals surface area contributed by atoms with Gasteiger partial charge in [-0.3, -0.25) is 23.7 Å². The van der Waals surface area contributed by atoms with Crippen LogP contribution in [0.1, 0.15) is 53.1 Å². The highest BCUT2D eigenvalue weighted by Crippen LogP contribution is 2.70. The highest BCUT2D eigenvalue weighted by Gasteiger charge is 2.78. The molecular formula is C25H29F2N5O3S. The van der Waals surface area contributed by atoms with Gasteiger partial charge < -0.3 is 5.32 Å². The van der Waals surface area contributed by atoms with Gasteiger partial charge >= 0.3 is 0 Å². The molecule has 1 aromatic carbocycles. The molecule has 8 nitrogen and oxygen atoms in total. The summed E-state index contributed by atoms with van der Waals surface area (Å²) in [6.07, 6.45) is 4.96. The van der Waals surface area contributed by atoms with Gasteiger partial charge in [-0.1, -0.05) is 37.3 Å². The van der Waals surface area contributed by atoms with E-state index in [9.17, 15) is 22.7 Å². The number of carbonyl (C=O) groups is 1. The molecule has 2 aliphatic carbocycles. The molecule has 0 spiro atoms. The minimum Gasteiger partial charge on any atom is -0.318 e. The van der Waals surface area contributed by atoms with Crippen LogP contribution in [0.15, 0.2) is 42.7 Å². The second kappa shape index (κ2) is 8.12. The number of H-pyrrole nitrogens is 1. The molecule has 0 radical (unpaired) electrons. The van der Waals surface area contributed by atoms with Gasteiger partial charge in [-0.25, -0.2) is 8.78 Å². The Balaban J connectivity index is 1.22. The minimum atomic E-state index is -2.72. The maximum atomic E-state index is 14.2. The van der Waals surface area contributed by atoms with E-state index in [0.29, 0.717) is 41.3 Å². The summed E-state index contributed by atoms with van der Waals surface area (Å²) in [4.78, 5) is 13.1. The number of nitrogens with one attached hydrogen (secondary N) is 2. The minimum absolute atomic E-state index is 0.125. The van der Waals surface area contributed by atoms with E-state index in [4.69, 9.17) is 0 Å². The van der Waals surface area contributed by atoms with E-state index in [0.717, 1.165) is 5.56 Å². The zero-order valence-corrected chi connectivity index (χ0v) is 20.6. The summed E-state index contributed by atoms with van der Waals surface area (Å²) in [6.45, 7) is 1.59. The summed E-state index contributed by atoms with van der Waals surface area (Å²) in [5.74, 6) is -3.04. The van der Waals surface area contributed by atoms with Crippen molar-refractivity contribution in [2.24, 2.45) is 17.3 Å². The maximum absolute atomic E-state index is 14.2. The number of halogens is 2. The number of amides is 1. The van der Waals surface area contributed by atoms with Gasteiger partial charge in [0.2, 0.25) is 0 Å². The van der Waals surface area contributed by atoms with Gasteiger partial charge in [0.05, 0.1) is 17.9 Å². The third-order valence-corrected chi connectivity index (χ3v) is 10.1. The Labute approximate surface area is 208 Å². The van der Waals surface area contributed by atoms with Crippen molar-refractivity contribution < 1.29 is 22.7 Å². The average Bonchev–Trinajstić information content (AvgIpc) is 3.26. The number of hydrogen-bond donors (Lipinski definition) is 4. The lowest BCUT2D eigenvalue weighted by atomic mass is 9.87. The highest BCUT2D eigenvalue weighted by molar-refractivity contribution is 8.24. The van der Waals surface area contributed by atoms with Crippen molar-refractivity contribution in [3.05, 3.63) is 65.2 Å². The molecule has 1 saturated heterocycles. The average molecular weight is 518 g/mol. The predicted molar refractivity (Wildman–Crippen MR) is 133 cm³/mol. The molecule has 0 bridgehead atoms. The largest absolute Gasteiger partial charge is 0.318 e. The number of anilines is 1. The summed E-state index contributed by atoms with van der Waals surface area (Å²) in [5, 5.41) is 14.3. The Morgan fingerprint density at radius 1 is 1.25 bits per heavy atom. The molecule has 1 aliphatic heterocycles. The maximum Gasteiger partial charge on any atom is 0.276 e. The normalized spacial score (nSPS) is 28.0. The number of rotatable bonds is 5. The predicted octanol–water partition coefficient (Wildman–Crippen LogP) is 4.98. The number of benzene rings is 1. The van der Waals surface area contributed by atoms with Crippen molar-refractivity contribution in [3.63, 3.8) is 0 Å². The van der Waals surface area contributed by atoms with Crippen molar-refractivity contribution in [1.29, 1.82) is 0 Å². The smallest absolute Gasteiger partial charge is 0.276 e. The highest BCUT2D eigenvalue weighted by atomic mass is 32.3. The standard InChI is InChI=1S/C25H29F2N5O3S/c1-24-12-19-18(11-20(24)25(24,26)27)21(31-30-19)23(33)29-17-13-28-32(14-17)22(15-5-3-2-4-6-15)16-7-9-36(34,35)10-8-16/h2-6,13-14,16,20,22,34-35H,7-12H2,1H3,(H,29,33)(H,30,31). The van der Waals surface area contributed by atoms with Crippen LogP contribution < -0.4 is 5.32 Å². The topological polar surface area (TPSA) is 116 Å². The first-order valence-corrected chi connectivity index (χ1v) is 14.1. The van der Waals surface area contributed by atoms with Crippen LogP contribution in [0, 0.1) is 17.3 Å². The Morgan fingerprint density at radius 3 is 2.69 bits per heavy atom. The van der Waals surface area contributed by atoms with Crippen LogP contribution >= 0.6 is 10.6 Å². The quantitative estimate of drug-likeness (QED) is 0.381. The van der Waals surface area contributed by atoms with Crippen molar-refractivity contribution >= 4 is 22.2 Å². The fourth-order valence-corrected chi connectivity index (χ4v) is 7.64. The van der Waals surface area contributed by atoms with E-state index in [-0.39, 0.29) is 30.5 Å². The first-order valence-electron chi connectivity index (χ1n) is 12.2. The van der Waals surface area contributed by atoms with Gasteiger partial charge in [0.1, 0.15) is 0 Å². The van der Waals surface area contributed by atoms with E-state index in [1.54, 1.807) is 19.3 Å². The molecule has 6 rings (SSSR count). The number of nitrogens with zero attached hydrogens (tertiary/aromatic N) is 3. The molecule has 3 heterocycles.